The number of alkyl halides is 3. The summed E-state index contributed by atoms with van der Waals surface area (Å²) in [5, 5.41) is 10.3. The summed E-state index contributed by atoms with van der Waals surface area (Å²) in [6.07, 6.45) is -5.33. The standard InChI is InChI=1S/C17H15F3N2O6S2/c18-17(19,20)28-12-3-1-2-11(6-12)26-7-10-8-27-16(25)22(10)4-5-29-15-21-13(9-30-15)14(23)24/h1-3,6,9-10H,4-5,7-8H2,(H,23,24)/t10-/m0/s1. The van der Waals surface area contributed by atoms with Crippen LogP contribution in [0.5, 0.6) is 11.5 Å². The quantitative estimate of drug-likeness (QED) is 0.561. The molecule has 1 amide bonds. The van der Waals surface area contributed by atoms with Gasteiger partial charge in [-0.25, -0.2) is 14.6 Å². The Bertz CT molecular complexity index is 908. The van der Waals surface area contributed by atoms with Gasteiger partial charge in [0.1, 0.15) is 30.8 Å². The summed E-state index contributed by atoms with van der Waals surface area (Å²) in [5.41, 5.74) is -0.0360. The molecule has 1 saturated heterocycles. The van der Waals surface area contributed by atoms with Gasteiger partial charge in [0.05, 0.1) is 0 Å². The molecule has 1 aliphatic heterocycles. The van der Waals surface area contributed by atoms with E-state index in [0.29, 0.717) is 16.6 Å². The second kappa shape index (κ2) is 9.43. The molecule has 0 unspecified atom stereocenters. The number of halogens is 3. The highest BCUT2D eigenvalue weighted by Gasteiger charge is 2.33. The summed E-state index contributed by atoms with van der Waals surface area (Å²) in [4.78, 5) is 28.2. The topological polar surface area (TPSA) is 98.2 Å². The minimum Gasteiger partial charge on any atom is -0.491 e. The lowest BCUT2D eigenvalue weighted by atomic mass is 10.3. The van der Waals surface area contributed by atoms with Gasteiger partial charge >= 0.3 is 18.4 Å². The van der Waals surface area contributed by atoms with Crippen LogP contribution in [0.25, 0.3) is 0 Å². The molecule has 0 spiro atoms. The van der Waals surface area contributed by atoms with Crippen LogP contribution in [0.3, 0.4) is 0 Å². The minimum absolute atomic E-state index is 0.0201. The van der Waals surface area contributed by atoms with Crippen LogP contribution in [-0.2, 0) is 4.74 Å². The number of amides is 1. The van der Waals surface area contributed by atoms with Crippen molar-refractivity contribution in [1.29, 1.82) is 0 Å². The summed E-state index contributed by atoms with van der Waals surface area (Å²) in [7, 11) is 0. The number of carboxylic acids is 1. The van der Waals surface area contributed by atoms with E-state index in [9.17, 15) is 22.8 Å². The van der Waals surface area contributed by atoms with E-state index >= 15 is 0 Å². The average Bonchev–Trinajstić information content (AvgIpc) is 3.27. The lowest BCUT2D eigenvalue weighted by molar-refractivity contribution is -0.274. The Labute approximate surface area is 176 Å². The van der Waals surface area contributed by atoms with Crippen LogP contribution >= 0.6 is 23.1 Å². The zero-order chi connectivity index (χ0) is 21.7. The van der Waals surface area contributed by atoms with Crippen LogP contribution in [0.2, 0.25) is 0 Å². The number of nitrogens with zero attached hydrogens (tertiary/aromatic N) is 2. The first-order valence-corrected chi connectivity index (χ1v) is 10.3. The van der Waals surface area contributed by atoms with Crippen molar-refractivity contribution in [2.24, 2.45) is 0 Å². The number of thiazole rings is 1. The number of aromatic carboxylic acids is 1. The van der Waals surface area contributed by atoms with Crippen LogP contribution in [-0.4, -0.2) is 65.0 Å². The fourth-order valence-corrected chi connectivity index (χ4v) is 4.32. The number of benzene rings is 1. The normalized spacial score (nSPS) is 16.4. The van der Waals surface area contributed by atoms with Crippen LogP contribution in [0.1, 0.15) is 10.5 Å². The number of cyclic esters (lactones) is 1. The van der Waals surface area contributed by atoms with Gasteiger partial charge in [0.25, 0.3) is 0 Å². The van der Waals surface area contributed by atoms with Gasteiger partial charge in [0.2, 0.25) is 0 Å². The minimum atomic E-state index is -4.80. The molecule has 13 heteroatoms. The zero-order valence-electron chi connectivity index (χ0n) is 15.1. The van der Waals surface area contributed by atoms with Crippen molar-refractivity contribution in [3.63, 3.8) is 0 Å². The predicted molar refractivity (Wildman–Crippen MR) is 100 cm³/mol. The Morgan fingerprint density at radius 3 is 2.87 bits per heavy atom. The van der Waals surface area contributed by atoms with Gasteiger partial charge in [-0.1, -0.05) is 17.8 Å². The van der Waals surface area contributed by atoms with Crippen LogP contribution in [0, 0.1) is 0 Å². The summed E-state index contributed by atoms with van der Waals surface area (Å²) in [6.45, 7) is 0.408. The Balaban J connectivity index is 1.51. The smallest absolute Gasteiger partial charge is 0.491 e. The highest BCUT2D eigenvalue weighted by atomic mass is 32.2. The number of carbonyl (C=O) groups is 2. The van der Waals surface area contributed by atoms with E-state index in [1.807, 2.05) is 0 Å². The van der Waals surface area contributed by atoms with E-state index in [-0.39, 0.29) is 24.7 Å². The molecule has 1 aromatic heterocycles. The number of hydrogen-bond acceptors (Lipinski definition) is 8. The molecule has 30 heavy (non-hydrogen) atoms. The average molecular weight is 464 g/mol. The molecule has 1 aromatic carbocycles. The van der Waals surface area contributed by atoms with Crippen LogP contribution in [0.4, 0.5) is 18.0 Å². The SMILES string of the molecule is O=C(O)c1csc(SCCN2C(=O)OC[C@@H]2COc2cccc(OC(F)(F)F)c2)n1. The lowest BCUT2D eigenvalue weighted by Crippen LogP contribution is -2.39. The van der Waals surface area contributed by atoms with E-state index in [1.54, 1.807) is 0 Å². The van der Waals surface area contributed by atoms with Gasteiger partial charge in [0.15, 0.2) is 10.0 Å². The zero-order valence-corrected chi connectivity index (χ0v) is 16.8. The Morgan fingerprint density at radius 2 is 2.17 bits per heavy atom. The molecule has 2 aromatic rings. The van der Waals surface area contributed by atoms with Crippen molar-refractivity contribution in [2.45, 2.75) is 16.7 Å². The molecule has 0 saturated carbocycles. The van der Waals surface area contributed by atoms with Crippen molar-refractivity contribution in [2.75, 3.05) is 25.5 Å². The Hall–Kier alpha value is -2.67. The van der Waals surface area contributed by atoms with Crippen LogP contribution < -0.4 is 9.47 Å². The molecule has 1 fully saturated rings. The van der Waals surface area contributed by atoms with E-state index in [1.165, 1.54) is 45.5 Å². The van der Waals surface area contributed by atoms with E-state index in [2.05, 4.69) is 9.72 Å². The molecule has 8 nitrogen and oxygen atoms in total. The molecule has 1 atom stereocenters. The lowest BCUT2D eigenvalue weighted by Gasteiger charge is -2.21. The number of carbonyl (C=O) groups excluding carboxylic acids is 1. The summed E-state index contributed by atoms with van der Waals surface area (Å²) < 4.78 is 51.9. The van der Waals surface area contributed by atoms with Crippen molar-refractivity contribution in [1.82, 2.24) is 9.88 Å². The van der Waals surface area contributed by atoms with Gasteiger partial charge in [-0.15, -0.1) is 24.5 Å². The molecule has 0 bridgehead atoms. The number of aromatic nitrogens is 1. The molecule has 162 valence electrons. The first-order chi connectivity index (χ1) is 14.2. The maximum atomic E-state index is 12.3. The van der Waals surface area contributed by atoms with Gasteiger partial charge in [0, 0.05) is 23.7 Å². The summed E-state index contributed by atoms with van der Waals surface area (Å²) in [5.74, 6) is -0.902. The second-order valence-electron chi connectivity index (χ2n) is 5.91. The Kier molecular flexibility index (Phi) is 6.92. The third-order valence-electron chi connectivity index (χ3n) is 3.82. The van der Waals surface area contributed by atoms with Crippen molar-refractivity contribution < 1.29 is 42.1 Å². The van der Waals surface area contributed by atoms with Gasteiger partial charge < -0.3 is 19.3 Å². The van der Waals surface area contributed by atoms with Gasteiger partial charge in [-0.05, 0) is 12.1 Å². The number of ether oxygens (including phenoxy) is 3. The maximum absolute atomic E-state index is 12.3. The third-order valence-corrected chi connectivity index (χ3v) is 5.82. The maximum Gasteiger partial charge on any atom is 0.573 e. The van der Waals surface area contributed by atoms with Crippen molar-refractivity contribution in [3.05, 3.63) is 35.3 Å². The molecule has 3 rings (SSSR count). The van der Waals surface area contributed by atoms with Crippen molar-refractivity contribution >= 4 is 35.2 Å². The monoisotopic (exact) mass is 464 g/mol. The predicted octanol–water partition coefficient (Wildman–Crippen LogP) is 3.73. The van der Waals surface area contributed by atoms with E-state index in [4.69, 9.17) is 14.6 Å². The highest BCUT2D eigenvalue weighted by Crippen LogP contribution is 2.27. The first-order valence-electron chi connectivity index (χ1n) is 8.45. The van der Waals surface area contributed by atoms with Crippen molar-refractivity contribution in [3.8, 4) is 11.5 Å². The summed E-state index contributed by atoms with van der Waals surface area (Å²) >= 11 is 2.50. The van der Waals surface area contributed by atoms with E-state index < -0.39 is 30.2 Å². The molecule has 1 N–H and O–H groups in total. The third kappa shape index (κ3) is 6.16. The molecule has 0 radical (unpaired) electrons. The molecule has 1 aliphatic rings. The first kappa shape index (κ1) is 22.0. The van der Waals surface area contributed by atoms with E-state index in [0.717, 1.165) is 12.1 Å². The fraction of sp³-hybridized carbons (Fsp3) is 0.353. The number of rotatable bonds is 9. The Morgan fingerprint density at radius 1 is 1.40 bits per heavy atom. The fourth-order valence-electron chi connectivity index (χ4n) is 2.51. The van der Waals surface area contributed by atoms with Gasteiger partial charge in [-0.2, -0.15) is 0 Å². The van der Waals surface area contributed by atoms with Crippen LogP contribution in [0.15, 0.2) is 34.0 Å². The largest absolute Gasteiger partial charge is 0.573 e. The second-order valence-corrected chi connectivity index (χ2v) is 8.11. The highest BCUT2D eigenvalue weighted by molar-refractivity contribution is 8.01. The number of thioether (sulfide) groups is 1. The molecular weight excluding hydrogens is 449 g/mol. The summed E-state index contributed by atoms with van der Waals surface area (Å²) in [6, 6.07) is 4.68. The van der Waals surface area contributed by atoms with Gasteiger partial charge in [-0.3, -0.25) is 4.90 Å². The molecule has 0 aliphatic carbocycles. The number of carboxylic acid groups (broad SMARTS) is 1. The molecular formula is C17H15F3N2O6S2. The number of hydrogen-bond donors (Lipinski definition) is 1. The molecule has 2 heterocycles.